The molecule has 0 unspecified atom stereocenters. The molecule has 0 aliphatic carbocycles. The highest BCUT2D eigenvalue weighted by Crippen LogP contribution is 2.34. The van der Waals surface area contributed by atoms with Crippen molar-refractivity contribution in [3.05, 3.63) is 72.5 Å². The smallest absolute Gasteiger partial charge is 0.311 e. The molecule has 3 aromatic rings. The molecule has 22 heavy (non-hydrogen) atoms. The molecule has 0 radical (unpaired) electrons. The van der Waals surface area contributed by atoms with Crippen LogP contribution in [0.3, 0.4) is 0 Å². The Kier molecular flexibility index (Phi) is 3.92. The van der Waals surface area contributed by atoms with Crippen molar-refractivity contribution in [3.8, 4) is 22.8 Å². The minimum Gasteiger partial charge on any atom is -0.481 e. The number of carboxylic acids is 1. The Balaban J connectivity index is 1.91. The zero-order valence-electron chi connectivity index (χ0n) is 11.7. The van der Waals surface area contributed by atoms with Gasteiger partial charge in [-0.2, -0.15) is 0 Å². The van der Waals surface area contributed by atoms with E-state index >= 15 is 0 Å². The van der Waals surface area contributed by atoms with Crippen LogP contribution >= 0.6 is 0 Å². The van der Waals surface area contributed by atoms with Crippen molar-refractivity contribution < 1.29 is 19.1 Å². The van der Waals surface area contributed by atoms with E-state index < -0.39 is 5.97 Å². The molecule has 2 aromatic carbocycles. The van der Waals surface area contributed by atoms with E-state index in [4.69, 9.17) is 14.3 Å². The number of benzene rings is 2. The molecule has 0 aliphatic heterocycles. The largest absolute Gasteiger partial charge is 0.481 e. The van der Waals surface area contributed by atoms with Crippen molar-refractivity contribution in [2.75, 3.05) is 0 Å². The van der Waals surface area contributed by atoms with Gasteiger partial charge in [-0.25, -0.2) is 0 Å². The molecule has 0 saturated heterocycles. The molecule has 3 rings (SSSR count). The SMILES string of the molecule is O=C(O)Cc1ccc(-c2ccccc2Oc2ccccc2)o1. The molecule has 4 heteroatoms. The number of carbonyl (C=O) groups is 1. The zero-order valence-corrected chi connectivity index (χ0v) is 11.7. The van der Waals surface area contributed by atoms with Gasteiger partial charge < -0.3 is 14.3 Å². The summed E-state index contributed by atoms with van der Waals surface area (Å²) < 4.78 is 11.5. The van der Waals surface area contributed by atoms with E-state index in [0.717, 1.165) is 11.3 Å². The molecule has 110 valence electrons. The lowest BCUT2D eigenvalue weighted by Gasteiger charge is -2.09. The Morgan fingerprint density at radius 2 is 1.68 bits per heavy atom. The first-order valence-corrected chi connectivity index (χ1v) is 6.85. The van der Waals surface area contributed by atoms with Crippen molar-refractivity contribution in [1.29, 1.82) is 0 Å². The van der Waals surface area contributed by atoms with Crippen LogP contribution in [0.2, 0.25) is 0 Å². The Morgan fingerprint density at radius 1 is 0.955 bits per heavy atom. The summed E-state index contributed by atoms with van der Waals surface area (Å²) in [4.78, 5) is 10.7. The van der Waals surface area contributed by atoms with E-state index in [1.54, 1.807) is 12.1 Å². The average molecular weight is 294 g/mol. The second kappa shape index (κ2) is 6.18. The van der Waals surface area contributed by atoms with Crippen LogP contribution in [0.4, 0.5) is 0 Å². The summed E-state index contributed by atoms with van der Waals surface area (Å²) in [6.07, 6.45) is -0.137. The number of hydrogen-bond acceptors (Lipinski definition) is 3. The predicted molar refractivity (Wildman–Crippen MR) is 82.0 cm³/mol. The fourth-order valence-corrected chi connectivity index (χ4v) is 2.14. The summed E-state index contributed by atoms with van der Waals surface area (Å²) in [5.41, 5.74) is 0.781. The lowest BCUT2D eigenvalue weighted by molar-refractivity contribution is -0.136. The second-order valence-electron chi connectivity index (χ2n) is 4.75. The van der Waals surface area contributed by atoms with Gasteiger partial charge in [-0.15, -0.1) is 0 Å². The minimum absolute atomic E-state index is 0.137. The number of carboxylic acid groups (broad SMARTS) is 1. The third-order valence-electron chi connectivity index (χ3n) is 3.11. The lowest BCUT2D eigenvalue weighted by Crippen LogP contribution is -1.97. The first kappa shape index (κ1) is 13.9. The Labute approximate surface area is 127 Å². The maximum absolute atomic E-state index is 10.7. The quantitative estimate of drug-likeness (QED) is 0.759. The van der Waals surface area contributed by atoms with Crippen molar-refractivity contribution in [2.24, 2.45) is 0 Å². The highest BCUT2D eigenvalue weighted by atomic mass is 16.5. The molecular weight excluding hydrogens is 280 g/mol. The Hall–Kier alpha value is -3.01. The van der Waals surface area contributed by atoms with Crippen LogP contribution in [0.5, 0.6) is 11.5 Å². The number of rotatable bonds is 5. The molecule has 1 aromatic heterocycles. The molecular formula is C18H14O4. The number of para-hydroxylation sites is 2. The maximum Gasteiger partial charge on any atom is 0.311 e. The molecule has 1 N–H and O–H groups in total. The van der Waals surface area contributed by atoms with Crippen LogP contribution in [0.25, 0.3) is 11.3 Å². The van der Waals surface area contributed by atoms with Crippen molar-refractivity contribution >= 4 is 5.97 Å². The van der Waals surface area contributed by atoms with Crippen LogP contribution in [0, 0.1) is 0 Å². The summed E-state index contributed by atoms with van der Waals surface area (Å²) in [7, 11) is 0. The Bertz CT molecular complexity index is 775. The van der Waals surface area contributed by atoms with Crippen molar-refractivity contribution in [3.63, 3.8) is 0 Å². The van der Waals surface area contributed by atoms with Crippen LogP contribution in [-0.4, -0.2) is 11.1 Å². The van der Waals surface area contributed by atoms with Gasteiger partial charge in [0.2, 0.25) is 0 Å². The molecule has 0 aliphatic rings. The van der Waals surface area contributed by atoms with Gasteiger partial charge in [0.25, 0.3) is 0 Å². The molecule has 4 nitrogen and oxygen atoms in total. The fourth-order valence-electron chi connectivity index (χ4n) is 2.14. The van der Waals surface area contributed by atoms with Gasteiger partial charge in [0, 0.05) is 0 Å². The van der Waals surface area contributed by atoms with Gasteiger partial charge >= 0.3 is 5.97 Å². The van der Waals surface area contributed by atoms with E-state index in [2.05, 4.69) is 0 Å². The van der Waals surface area contributed by atoms with Crippen LogP contribution in [-0.2, 0) is 11.2 Å². The number of ether oxygens (including phenoxy) is 1. The van der Waals surface area contributed by atoms with Gasteiger partial charge in [-0.1, -0.05) is 30.3 Å². The van der Waals surface area contributed by atoms with Crippen LogP contribution < -0.4 is 4.74 Å². The normalized spacial score (nSPS) is 10.4. The zero-order chi connectivity index (χ0) is 15.4. The first-order chi connectivity index (χ1) is 10.7. The maximum atomic E-state index is 10.7. The summed E-state index contributed by atoms with van der Waals surface area (Å²) in [5.74, 6) is 1.46. The highest BCUT2D eigenvalue weighted by Gasteiger charge is 2.12. The topological polar surface area (TPSA) is 59.7 Å². The predicted octanol–water partition coefficient (Wildman–Crippen LogP) is 4.37. The molecule has 0 spiro atoms. The highest BCUT2D eigenvalue weighted by molar-refractivity contribution is 5.71. The molecule has 0 fully saturated rings. The molecule has 0 amide bonds. The van der Waals surface area contributed by atoms with E-state index in [0.29, 0.717) is 17.3 Å². The van der Waals surface area contributed by atoms with Crippen molar-refractivity contribution in [2.45, 2.75) is 6.42 Å². The lowest BCUT2D eigenvalue weighted by atomic mass is 10.1. The van der Waals surface area contributed by atoms with Gasteiger partial charge in [-0.05, 0) is 36.4 Å². The second-order valence-corrected chi connectivity index (χ2v) is 4.75. The number of aliphatic carboxylic acids is 1. The van der Waals surface area contributed by atoms with Crippen LogP contribution in [0.1, 0.15) is 5.76 Å². The third-order valence-corrected chi connectivity index (χ3v) is 3.11. The van der Waals surface area contributed by atoms with E-state index in [9.17, 15) is 4.79 Å². The standard InChI is InChI=1S/C18H14O4/c19-18(20)12-14-10-11-17(22-14)15-8-4-5-9-16(15)21-13-6-2-1-3-7-13/h1-11H,12H2,(H,19,20). The van der Waals surface area contributed by atoms with Gasteiger partial charge in [-0.3, -0.25) is 4.79 Å². The van der Waals surface area contributed by atoms with Gasteiger partial charge in [0.1, 0.15) is 29.4 Å². The van der Waals surface area contributed by atoms with Crippen molar-refractivity contribution in [1.82, 2.24) is 0 Å². The minimum atomic E-state index is -0.922. The Morgan fingerprint density at radius 3 is 2.45 bits per heavy atom. The molecule has 0 bridgehead atoms. The van der Waals surface area contributed by atoms with Gasteiger partial charge in [0.15, 0.2) is 0 Å². The van der Waals surface area contributed by atoms with Gasteiger partial charge in [0.05, 0.1) is 5.56 Å². The molecule has 1 heterocycles. The van der Waals surface area contributed by atoms with E-state index in [1.807, 2.05) is 54.6 Å². The summed E-state index contributed by atoms with van der Waals surface area (Å²) in [6, 6.07) is 20.4. The summed E-state index contributed by atoms with van der Waals surface area (Å²) in [6.45, 7) is 0. The number of hydrogen-bond donors (Lipinski definition) is 1. The van der Waals surface area contributed by atoms with E-state index in [-0.39, 0.29) is 6.42 Å². The monoisotopic (exact) mass is 294 g/mol. The third kappa shape index (κ3) is 3.17. The summed E-state index contributed by atoms with van der Waals surface area (Å²) >= 11 is 0. The summed E-state index contributed by atoms with van der Waals surface area (Å²) in [5, 5.41) is 8.81. The molecule has 0 atom stereocenters. The fraction of sp³-hybridized carbons (Fsp3) is 0.0556. The first-order valence-electron chi connectivity index (χ1n) is 6.85. The average Bonchev–Trinajstić information content (AvgIpc) is 2.96. The number of furan rings is 1. The molecule has 0 saturated carbocycles. The van der Waals surface area contributed by atoms with E-state index in [1.165, 1.54) is 0 Å². The van der Waals surface area contributed by atoms with Crippen LogP contribution in [0.15, 0.2) is 71.1 Å².